The summed E-state index contributed by atoms with van der Waals surface area (Å²) >= 11 is 7.14. The first-order chi connectivity index (χ1) is 12.3. The number of nitrogens with zero attached hydrogens (tertiary/aromatic N) is 1. The van der Waals surface area contributed by atoms with E-state index in [4.69, 9.17) is 16.3 Å². The van der Waals surface area contributed by atoms with Crippen molar-refractivity contribution in [3.8, 4) is 17.0 Å². The molecule has 0 aliphatic heterocycles. The van der Waals surface area contributed by atoms with E-state index in [0.29, 0.717) is 21.6 Å². The van der Waals surface area contributed by atoms with E-state index in [1.807, 2.05) is 0 Å². The average molecular weight is 391 g/mol. The van der Waals surface area contributed by atoms with Gasteiger partial charge in [-0.2, -0.15) is 0 Å². The van der Waals surface area contributed by atoms with E-state index in [9.17, 15) is 9.18 Å². The number of aromatic nitrogens is 1. The molecule has 4 nitrogen and oxygen atoms in total. The number of ether oxygens (including phenoxy) is 1. The summed E-state index contributed by atoms with van der Waals surface area (Å²) in [5.74, 6) is -0.0910. The molecule has 1 heterocycles. The van der Waals surface area contributed by atoms with Crippen LogP contribution in [0.25, 0.3) is 11.3 Å². The molecule has 0 aliphatic carbocycles. The van der Waals surface area contributed by atoms with Crippen LogP contribution in [0.2, 0.25) is 5.02 Å². The Bertz CT molecular complexity index is 908. The number of carbonyl (C=O) groups is 1. The maximum absolute atomic E-state index is 13.0. The Balaban J connectivity index is 1.69. The van der Waals surface area contributed by atoms with Gasteiger partial charge in [-0.15, -0.1) is 11.3 Å². The van der Waals surface area contributed by atoms with E-state index in [1.54, 1.807) is 55.6 Å². The maximum atomic E-state index is 13.0. The third-order valence-electron chi connectivity index (χ3n) is 3.60. The van der Waals surface area contributed by atoms with E-state index in [1.165, 1.54) is 23.5 Å². The van der Waals surface area contributed by atoms with Crippen LogP contribution in [-0.2, 0) is 4.79 Å². The lowest BCUT2D eigenvalue weighted by atomic mass is 10.1. The molecule has 0 atom stereocenters. The third-order valence-corrected chi connectivity index (χ3v) is 4.61. The molecule has 3 aromatic rings. The van der Waals surface area contributed by atoms with Crippen LogP contribution in [-0.4, -0.2) is 16.5 Å². The number of hydrogen-bond donors (Lipinski definition) is 1. The quantitative estimate of drug-likeness (QED) is 0.634. The van der Waals surface area contributed by atoms with Crippen molar-refractivity contribution in [3.63, 3.8) is 0 Å². The lowest BCUT2D eigenvalue weighted by molar-refractivity contribution is -0.128. The molecule has 0 saturated carbocycles. The normalized spacial score (nSPS) is 11.2. The molecule has 26 heavy (non-hydrogen) atoms. The van der Waals surface area contributed by atoms with Crippen molar-refractivity contribution in [2.45, 2.75) is 19.4 Å². The Morgan fingerprint density at radius 2 is 1.81 bits per heavy atom. The first kappa shape index (κ1) is 18.4. The summed E-state index contributed by atoms with van der Waals surface area (Å²) in [7, 11) is 0. The Kier molecular flexibility index (Phi) is 5.25. The molecule has 0 bridgehead atoms. The zero-order chi connectivity index (χ0) is 18.7. The smallest absolute Gasteiger partial charge is 0.269 e. The highest BCUT2D eigenvalue weighted by Gasteiger charge is 2.30. The molecule has 134 valence electrons. The molecule has 0 fully saturated rings. The van der Waals surface area contributed by atoms with Crippen LogP contribution in [0.3, 0.4) is 0 Å². The van der Waals surface area contributed by atoms with Gasteiger partial charge in [-0.3, -0.25) is 10.1 Å². The highest BCUT2D eigenvalue weighted by molar-refractivity contribution is 7.14. The minimum absolute atomic E-state index is 0.307. The van der Waals surface area contributed by atoms with Crippen molar-refractivity contribution < 1.29 is 13.9 Å². The average Bonchev–Trinajstić information content (AvgIpc) is 3.06. The number of thiazole rings is 1. The summed E-state index contributed by atoms with van der Waals surface area (Å²) in [6.07, 6.45) is 0. The summed E-state index contributed by atoms with van der Waals surface area (Å²) < 4.78 is 18.8. The zero-order valence-corrected chi connectivity index (χ0v) is 15.7. The van der Waals surface area contributed by atoms with Crippen molar-refractivity contribution in [1.29, 1.82) is 0 Å². The van der Waals surface area contributed by atoms with E-state index >= 15 is 0 Å². The number of benzene rings is 2. The van der Waals surface area contributed by atoms with Gasteiger partial charge in [0.1, 0.15) is 11.6 Å². The van der Waals surface area contributed by atoms with Crippen molar-refractivity contribution >= 4 is 34.0 Å². The van der Waals surface area contributed by atoms with Crippen LogP contribution >= 0.6 is 22.9 Å². The Hall–Kier alpha value is -2.44. The van der Waals surface area contributed by atoms with Gasteiger partial charge in [0, 0.05) is 16.0 Å². The van der Waals surface area contributed by atoms with Crippen molar-refractivity contribution in [3.05, 3.63) is 64.8 Å². The van der Waals surface area contributed by atoms with Crippen LogP contribution in [0.15, 0.2) is 53.9 Å². The first-order valence-electron chi connectivity index (χ1n) is 7.81. The Morgan fingerprint density at radius 3 is 2.46 bits per heavy atom. The molecular formula is C19H16ClFN2O2S. The van der Waals surface area contributed by atoms with Gasteiger partial charge < -0.3 is 4.74 Å². The number of nitrogens with one attached hydrogen (secondary N) is 1. The van der Waals surface area contributed by atoms with Crippen LogP contribution in [0, 0.1) is 5.82 Å². The molecule has 0 aliphatic rings. The molecule has 3 rings (SSSR count). The minimum Gasteiger partial charge on any atom is -0.478 e. The van der Waals surface area contributed by atoms with Gasteiger partial charge in [0.15, 0.2) is 10.7 Å². The predicted octanol–water partition coefficient (Wildman–Crippen LogP) is 5.40. The van der Waals surface area contributed by atoms with E-state index < -0.39 is 5.60 Å². The predicted molar refractivity (Wildman–Crippen MR) is 102 cm³/mol. The van der Waals surface area contributed by atoms with Gasteiger partial charge in [-0.05, 0) is 62.4 Å². The summed E-state index contributed by atoms with van der Waals surface area (Å²) in [5, 5.41) is 5.60. The SMILES string of the molecule is CC(C)(Oc1ccc(Cl)cc1)C(=O)Nc1nc(-c2ccc(F)cc2)cs1. The van der Waals surface area contributed by atoms with E-state index in [0.717, 1.165) is 5.56 Å². The van der Waals surface area contributed by atoms with Crippen LogP contribution < -0.4 is 10.1 Å². The standard InChI is InChI=1S/C19H16ClFN2O2S/c1-19(2,25-15-9-5-13(20)6-10-15)17(24)23-18-22-16(11-26-18)12-3-7-14(21)8-4-12/h3-11H,1-2H3,(H,22,23,24). The summed E-state index contributed by atoms with van der Waals surface area (Å²) in [6, 6.07) is 12.8. The lowest BCUT2D eigenvalue weighted by Crippen LogP contribution is -2.42. The second-order valence-corrected chi connectivity index (χ2v) is 7.36. The summed E-state index contributed by atoms with van der Waals surface area (Å²) in [6.45, 7) is 3.34. The molecule has 1 N–H and O–H groups in total. The van der Waals surface area contributed by atoms with Gasteiger partial charge in [-0.25, -0.2) is 9.37 Å². The molecule has 2 aromatic carbocycles. The molecule has 0 saturated heterocycles. The molecule has 0 spiro atoms. The Morgan fingerprint density at radius 1 is 1.15 bits per heavy atom. The zero-order valence-electron chi connectivity index (χ0n) is 14.1. The number of carbonyl (C=O) groups excluding carboxylic acids is 1. The number of anilines is 1. The molecule has 7 heteroatoms. The van der Waals surface area contributed by atoms with Crippen LogP contribution in [0.4, 0.5) is 9.52 Å². The fourth-order valence-corrected chi connectivity index (χ4v) is 3.02. The minimum atomic E-state index is -1.10. The van der Waals surface area contributed by atoms with Gasteiger partial charge >= 0.3 is 0 Å². The highest BCUT2D eigenvalue weighted by Crippen LogP contribution is 2.27. The van der Waals surface area contributed by atoms with Crippen LogP contribution in [0.1, 0.15) is 13.8 Å². The molecule has 0 unspecified atom stereocenters. The molecular weight excluding hydrogens is 375 g/mol. The highest BCUT2D eigenvalue weighted by atomic mass is 35.5. The van der Waals surface area contributed by atoms with Crippen LogP contribution in [0.5, 0.6) is 5.75 Å². The number of amides is 1. The molecule has 1 amide bonds. The van der Waals surface area contributed by atoms with Gasteiger partial charge in [0.25, 0.3) is 5.91 Å². The first-order valence-corrected chi connectivity index (χ1v) is 9.07. The second kappa shape index (κ2) is 7.43. The monoisotopic (exact) mass is 390 g/mol. The number of rotatable bonds is 5. The lowest BCUT2D eigenvalue weighted by Gasteiger charge is -2.24. The number of halogens is 2. The third kappa shape index (κ3) is 4.39. The fraction of sp³-hybridized carbons (Fsp3) is 0.158. The number of hydrogen-bond acceptors (Lipinski definition) is 4. The second-order valence-electron chi connectivity index (χ2n) is 6.07. The fourth-order valence-electron chi connectivity index (χ4n) is 2.18. The van der Waals surface area contributed by atoms with Crippen molar-refractivity contribution in [2.75, 3.05) is 5.32 Å². The van der Waals surface area contributed by atoms with Crippen molar-refractivity contribution in [1.82, 2.24) is 4.98 Å². The van der Waals surface area contributed by atoms with E-state index in [2.05, 4.69) is 10.3 Å². The van der Waals surface area contributed by atoms with E-state index in [-0.39, 0.29) is 11.7 Å². The van der Waals surface area contributed by atoms with Gasteiger partial charge in [0.05, 0.1) is 5.69 Å². The Labute approximate surface area is 159 Å². The van der Waals surface area contributed by atoms with Crippen molar-refractivity contribution in [2.24, 2.45) is 0 Å². The van der Waals surface area contributed by atoms with Gasteiger partial charge in [0.2, 0.25) is 0 Å². The maximum Gasteiger partial charge on any atom is 0.269 e. The molecule has 1 aromatic heterocycles. The molecule has 0 radical (unpaired) electrons. The topological polar surface area (TPSA) is 51.2 Å². The summed E-state index contributed by atoms with van der Waals surface area (Å²) in [4.78, 5) is 16.9. The van der Waals surface area contributed by atoms with Gasteiger partial charge in [-0.1, -0.05) is 11.6 Å². The summed E-state index contributed by atoms with van der Waals surface area (Å²) in [5.41, 5.74) is 0.344. The largest absolute Gasteiger partial charge is 0.478 e.